The van der Waals surface area contributed by atoms with Crippen LogP contribution in [0, 0.1) is 5.53 Å². The number of fused-ring (bicyclic) bond motifs is 1. The molecule has 7 N–H and O–H groups in total. The van der Waals surface area contributed by atoms with Crippen LogP contribution in [-0.2, 0) is 11.3 Å². The lowest BCUT2D eigenvalue weighted by Gasteiger charge is -2.31. The van der Waals surface area contributed by atoms with E-state index in [1.165, 1.54) is 12.1 Å². The van der Waals surface area contributed by atoms with Gasteiger partial charge in [0.05, 0.1) is 27.9 Å². The zero-order chi connectivity index (χ0) is 34.9. The number of amides is 1. The molecule has 13 heteroatoms. The maximum Gasteiger partial charge on any atom is 0.411 e. The molecule has 3 heterocycles. The average molecular weight is 696 g/mol. The van der Waals surface area contributed by atoms with Crippen molar-refractivity contribution in [3.63, 3.8) is 0 Å². The van der Waals surface area contributed by atoms with Crippen LogP contribution in [0.3, 0.4) is 0 Å². The number of H-pyrrole nitrogens is 1. The molecule has 0 spiro atoms. The monoisotopic (exact) mass is 695 g/mol. The molecule has 1 aliphatic rings. The van der Waals surface area contributed by atoms with Gasteiger partial charge in [-0.05, 0) is 78.2 Å². The number of piperidine rings is 1. The number of carbonyl (C=O) groups is 1. The number of hydrogen-bond acceptors (Lipinski definition) is 11. The maximum absolute atomic E-state index is 12.7. The number of benzene rings is 3. The van der Waals surface area contributed by atoms with Crippen LogP contribution in [0.5, 0.6) is 5.75 Å². The number of ether oxygens (including phenoxy) is 1. The number of nitrogens with one attached hydrogen (secondary N) is 5. The van der Waals surface area contributed by atoms with Gasteiger partial charge in [-0.25, -0.2) is 10.3 Å². The number of carbonyl (C=O) groups excluding carboxylic acids is 1. The number of likely N-dealkylation sites (tertiary alicyclic amines) is 1. The third kappa shape index (κ3) is 8.74. The van der Waals surface area contributed by atoms with Crippen LogP contribution in [-0.4, -0.2) is 65.0 Å². The summed E-state index contributed by atoms with van der Waals surface area (Å²) in [5.74, 6) is -0.0526. The third-order valence-corrected chi connectivity index (χ3v) is 9.79. The molecule has 1 saturated heterocycles. The Hall–Kier alpha value is -5.08. The first-order valence-electron chi connectivity index (χ1n) is 16.7. The number of aromatic nitrogens is 1. The van der Waals surface area contributed by atoms with E-state index in [9.17, 15) is 19.8 Å². The fourth-order valence-corrected chi connectivity index (χ4v) is 7.09. The number of rotatable bonds is 14. The highest BCUT2D eigenvalue weighted by Crippen LogP contribution is 2.34. The normalized spacial score (nSPS) is 14.3. The van der Waals surface area contributed by atoms with Crippen molar-refractivity contribution in [1.29, 1.82) is 5.53 Å². The van der Waals surface area contributed by atoms with Gasteiger partial charge >= 0.3 is 6.09 Å². The smallest absolute Gasteiger partial charge is 0.411 e. The Labute approximate surface area is 293 Å². The molecule has 0 aliphatic carbocycles. The molecule has 3 aromatic carbocycles. The molecule has 2 aromatic heterocycles. The predicted molar refractivity (Wildman–Crippen MR) is 197 cm³/mol. The van der Waals surface area contributed by atoms with Gasteiger partial charge in [0, 0.05) is 44.2 Å². The highest BCUT2D eigenvalue weighted by molar-refractivity contribution is 7.14. The van der Waals surface area contributed by atoms with E-state index in [2.05, 4.69) is 30.9 Å². The molecule has 0 saturated carbocycles. The number of nitrogens with zero attached hydrogens (tertiary/aromatic N) is 2. The van der Waals surface area contributed by atoms with Crippen molar-refractivity contribution in [3.8, 4) is 16.2 Å². The Morgan fingerprint density at radius 1 is 1.06 bits per heavy atom. The van der Waals surface area contributed by atoms with Crippen LogP contribution in [0.25, 0.3) is 21.3 Å². The van der Waals surface area contributed by atoms with E-state index in [-0.39, 0.29) is 24.0 Å². The van der Waals surface area contributed by atoms with Crippen LogP contribution < -0.4 is 21.5 Å². The van der Waals surface area contributed by atoms with E-state index < -0.39 is 12.2 Å². The Kier molecular flexibility index (Phi) is 11.5. The fraction of sp³-hybridized carbons (Fsp3) is 0.297. The summed E-state index contributed by atoms with van der Waals surface area (Å²) in [4.78, 5) is 30.3. The predicted octanol–water partition coefficient (Wildman–Crippen LogP) is 6.96. The number of phenolic OH excluding ortho intramolecular Hbond substituents is 1. The van der Waals surface area contributed by atoms with Crippen molar-refractivity contribution in [2.75, 3.05) is 43.4 Å². The van der Waals surface area contributed by atoms with Crippen LogP contribution in [0.2, 0.25) is 0 Å². The minimum absolute atomic E-state index is 0.0526. The fourth-order valence-electron chi connectivity index (χ4n) is 6.23. The number of pyridine rings is 1. The molecule has 6 rings (SSSR count). The largest absolute Gasteiger partial charge is 0.506 e. The molecule has 0 radical (unpaired) electrons. The van der Waals surface area contributed by atoms with Crippen molar-refractivity contribution in [2.24, 2.45) is 5.11 Å². The summed E-state index contributed by atoms with van der Waals surface area (Å²) in [7, 11) is 0. The van der Waals surface area contributed by atoms with Gasteiger partial charge in [0.1, 0.15) is 17.5 Å². The van der Waals surface area contributed by atoms with E-state index in [0.29, 0.717) is 28.7 Å². The third-order valence-electron chi connectivity index (χ3n) is 8.83. The van der Waals surface area contributed by atoms with E-state index >= 15 is 0 Å². The van der Waals surface area contributed by atoms with Crippen molar-refractivity contribution >= 4 is 45.4 Å². The molecule has 5 aromatic rings. The quantitative estimate of drug-likeness (QED) is 0.0482. The molecule has 1 amide bonds. The van der Waals surface area contributed by atoms with Crippen molar-refractivity contribution in [3.05, 3.63) is 106 Å². The number of aromatic amines is 1. The molecule has 50 heavy (non-hydrogen) atoms. The summed E-state index contributed by atoms with van der Waals surface area (Å²) >= 11 is 1.59. The van der Waals surface area contributed by atoms with Crippen molar-refractivity contribution in [1.82, 2.24) is 15.2 Å². The van der Waals surface area contributed by atoms with Crippen LogP contribution in [0.1, 0.15) is 36.5 Å². The Morgan fingerprint density at radius 2 is 1.88 bits per heavy atom. The van der Waals surface area contributed by atoms with Crippen LogP contribution >= 0.6 is 11.3 Å². The highest BCUT2D eigenvalue weighted by atomic mass is 32.1. The van der Waals surface area contributed by atoms with Crippen molar-refractivity contribution in [2.45, 2.75) is 38.0 Å². The second-order valence-electron chi connectivity index (χ2n) is 12.3. The summed E-state index contributed by atoms with van der Waals surface area (Å²) in [6.07, 6.45) is 1.09. The van der Waals surface area contributed by atoms with Gasteiger partial charge in [0.2, 0.25) is 5.56 Å². The van der Waals surface area contributed by atoms with Gasteiger partial charge in [0.15, 0.2) is 0 Å². The molecule has 1 atom stereocenters. The summed E-state index contributed by atoms with van der Waals surface area (Å²) in [6.45, 7) is 4.05. The Bertz CT molecular complexity index is 1970. The number of anilines is 2. The molecule has 0 bridgehead atoms. The average Bonchev–Trinajstić information content (AvgIpc) is 3.59. The SMILES string of the molecule is N=Nc1cc(CNCC(O)c2ccc(O)c3[nH]c(=O)ccc23)ccc1NCCCN1CCC(OC(=O)Nc2ccsc2-c2ccccc2)CC1. The van der Waals surface area contributed by atoms with E-state index in [1.807, 2.05) is 60.0 Å². The van der Waals surface area contributed by atoms with E-state index in [1.54, 1.807) is 23.5 Å². The standard InChI is InChI=1S/C37H41N7O5S/c38-43-31-21-24(22-39-23-33(46)27-8-11-32(45)35-28(27)9-12-34(47)42-35)7-10-29(31)40-16-4-17-44-18-13-26(14-19-44)49-37(48)41-30-15-20-50-36(30)25-5-2-1-3-6-25/h1-3,5-12,15,20-21,26,33,38-40,45-46H,4,13-14,16-19,22-23H2,(H,41,48)(H,42,47). The first-order valence-corrected chi connectivity index (χ1v) is 17.6. The lowest BCUT2D eigenvalue weighted by molar-refractivity contribution is 0.0589. The summed E-state index contributed by atoms with van der Waals surface area (Å²) < 4.78 is 5.75. The number of aliphatic hydroxyl groups excluding tert-OH is 1. The number of thiophene rings is 1. The lowest BCUT2D eigenvalue weighted by atomic mass is 10.0. The van der Waals surface area contributed by atoms with Gasteiger partial charge in [-0.1, -0.05) is 42.5 Å². The molecular formula is C37H41N7O5S. The van der Waals surface area contributed by atoms with Crippen LogP contribution in [0.4, 0.5) is 21.9 Å². The Morgan fingerprint density at radius 3 is 2.68 bits per heavy atom. The molecule has 260 valence electrons. The lowest BCUT2D eigenvalue weighted by Crippen LogP contribution is -2.39. The van der Waals surface area contributed by atoms with Gasteiger partial charge in [0.25, 0.3) is 0 Å². The number of hydrogen-bond donors (Lipinski definition) is 7. The first kappa shape index (κ1) is 34.8. The molecule has 1 fully saturated rings. The van der Waals surface area contributed by atoms with Gasteiger partial charge in [-0.15, -0.1) is 11.3 Å². The van der Waals surface area contributed by atoms with Gasteiger partial charge < -0.3 is 35.5 Å². The van der Waals surface area contributed by atoms with Crippen molar-refractivity contribution < 1.29 is 19.7 Å². The molecular weight excluding hydrogens is 655 g/mol. The zero-order valence-electron chi connectivity index (χ0n) is 27.5. The minimum Gasteiger partial charge on any atom is -0.506 e. The Balaban J connectivity index is 0.897. The summed E-state index contributed by atoms with van der Waals surface area (Å²) in [5.41, 5.74) is 12.3. The zero-order valence-corrected chi connectivity index (χ0v) is 28.3. The number of aliphatic hydroxyl groups is 1. The molecule has 12 nitrogen and oxygen atoms in total. The number of phenols is 1. The maximum atomic E-state index is 12.7. The second kappa shape index (κ2) is 16.5. The van der Waals surface area contributed by atoms with E-state index in [4.69, 9.17) is 10.3 Å². The summed E-state index contributed by atoms with van der Waals surface area (Å²) in [6, 6.07) is 23.7. The van der Waals surface area contributed by atoms with Gasteiger partial charge in [-0.3, -0.25) is 10.1 Å². The molecule has 1 aliphatic heterocycles. The van der Waals surface area contributed by atoms with E-state index in [0.717, 1.165) is 72.8 Å². The molecule has 1 unspecified atom stereocenters. The highest BCUT2D eigenvalue weighted by Gasteiger charge is 2.23. The topological polar surface area (TPSA) is 175 Å². The summed E-state index contributed by atoms with van der Waals surface area (Å²) in [5, 5.41) is 36.8. The minimum atomic E-state index is -0.867. The first-order chi connectivity index (χ1) is 24.4. The second-order valence-corrected chi connectivity index (χ2v) is 13.2. The van der Waals surface area contributed by atoms with Crippen LogP contribution in [0.15, 0.2) is 94.2 Å². The number of aromatic hydroxyl groups is 1. The van der Waals surface area contributed by atoms with Gasteiger partial charge in [-0.2, -0.15) is 5.11 Å².